The van der Waals surface area contributed by atoms with E-state index in [4.69, 9.17) is 5.73 Å². The highest BCUT2D eigenvalue weighted by atomic mass is 35.5. The summed E-state index contributed by atoms with van der Waals surface area (Å²) in [5.74, 6) is -0.503. The van der Waals surface area contributed by atoms with Crippen molar-refractivity contribution in [3.05, 3.63) is 0 Å². The van der Waals surface area contributed by atoms with Gasteiger partial charge in [-0.15, -0.1) is 0 Å². The molecule has 70 valence electrons. The molecule has 12 heavy (non-hydrogen) atoms. The van der Waals surface area contributed by atoms with Gasteiger partial charge in [-0.2, -0.15) is 8.78 Å². The maximum Gasteiger partial charge on any atom is 0.340 e. The van der Waals surface area contributed by atoms with Crippen molar-refractivity contribution >= 4 is 17.6 Å². The first-order valence-corrected chi connectivity index (χ1v) is 3.81. The van der Waals surface area contributed by atoms with Gasteiger partial charge in [-0.05, 0) is 18.0 Å². The van der Waals surface area contributed by atoms with Crippen LogP contribution >= 0.6 is 11.6 Å². The van der Waals surface area contributed by atoms with Crippen molar-refractivity contribution in [3.63, 3.8) is 0 Å². The standard InChI is InChI=1S/C6H8ClF2NO2/c7-6(8,9)5(10)3-1-2-4(11)12-3/h3,5H,1-2,10H2. The summed E-state index contributed by atoms with van der Waals surface area (Å²) >= 11 is 4.66. The Morgan fingerprint density at radius 3 is 2.67 bits per heavy atom. The van der Waals surface area contributed by atoms with Gasteiger partial charge in [0.1, 0.15) is 12.1 Å². The van der Waals surface area contributed by atoms with Gasteiger partial charge in [0.2, 0.25) is 0 Å². The molecule has 1 aliphatic rings. The monoisotopic (exact) mass is 199 g/mol. The Bertz CT molecular complexity index is 194. The van der Waals surface area contributed by atoms with Crippen LogP contribution in [0, 0.1) is 0 Å². The number of esters is 1. The highest BCUT2D eigenvalue weighted by Gasteiger charge is 2.43. The van der Waals surface area contributed by atoms with Crippen LogP contribution in [0.2, 0.25) is 0 Å². The molecule has 0 aromatic heterocycles. The third kappa shape index (κ3) is 2.04. The minimum Gasteiger partial charge on any atom is -0.460 e. The SMILES string of the molecule is NC(C1CCC(=O)O1)C(F)(F)Cl. The molecule has 1 aliphatic heterocycles. The highest BCUT2D eigenvalue weighted by molar-refractivity contribution is 6.22. The van der Waals surface area contributed by atoms with Crippen LogP contribution in [0.25, 0.3) is 0 Å². The number of carbonyl (C=O) groups is 1. The summed E-state index contributed by atoms with van der Waals surface area (Å²) < 4.78 is 29.2. The van der Waals surface area contributed by atoms with Crippen LogP contribution in [0.1, 0.15) is 12.8 Å². The Balaban J connectivity index is 2.54. The zero-order chi connectivity index (χ0) is 9.35. The fourth-order valence-electron chi connectivity index (χ4n) is 1.01. The Morgan fingerprint density at radius 1 is 1.75 bits per heavy atom. The molecule has 0 amide bonds. The number of carbonyl (C=O) groups excluding carboxylic acids is 1. The van der Waals surface area contributed by atoms with E-state index in [1.54, 1.807) is 0 Å². The van der Waals surface area contributed by atoms with Crippen molar-refractivity contribution in [3.8, 4) is 0 Å². The van der Waals surface area contributed by atoms with Gasteiger partial charge < -0.3 is 10.5 Å². The smallest absolute Gasteiger partial charge is 0.340 e. The molecule has 2 N–H and O–H groups in total. The number of alkyl halides is 3. The largest absolute Gasteiger partial charge is 0.460 e. The van der Waals surface area contributed by atoms with E-state index in [-0.39, 0.29) is 12.8 Å². The lowest BCUT2D eigenvalue weighted by Gasteiger charge is -2.21. The molecule has 3 nitrogen and oxygen atoms in total. The second-order valence-corrected chi connectivity index (χ2v) is 3.14. The number of hydrogen-bond acceptors (Lipinski definition) is 3. The van der Waals surface area contributed by atoms with Gasteiger partial charge in [0.25, 0.3) is 0 Å². The molecule has 1 heterocycles. The first-order chi connectivity index (χ1) is 5.41. The fraction of sp³-hybridized carbons (Fsp3) is 0.833. The Labute approximate surface area is 72.8 Å². The van der Waals surface area contributed by atoms with Gasteiger partial charge in [0.05, 0.1) is 0 Å². The molecule has 0 saturated carbocycles. The molecular weight excluding hydrogens is 192 g/mol. The van der Waals surface area contributed by atoms with Crippen molar-refractivity contribution in [1.82, 2.24) is 0 Å². The summed E-state index contributed by atoms with van der Waals surface area (Å²) in [4.78, 5) is 10.5. The van der Waals surface area contributed by atoms with E-state index in [1.165, 1.54) is 0 Å². The minimum atomic E-state index is -3.52. The van der Waals surface area contributed by atoms with E-state index >= 15 is 0 Å². The molecule has 2 unspecified atom stereocenters. The summed E-state index contributed by atoms with van der Waals surface area (Å²) in [6, 6.07) is -1.62. The van der Waals surface area contributed by atoms with E-state index in [2.05, 4.69) is 16.3 Å². The number of rotatable bonds is 2. The van der Waals surface area contributed by atoms with Crippen molar-refractivity contribution in [2.75, 3.05) is 0 Å². The molecule has 0 radical (unpaired) electrons. The maximum atomic E-state index is 12.3. The minimum absolute atomic E-state index is 0.130. The van der Waals surface area contributed by atoms with E-state index in [0.29, 0.717) is 0 Å². The number of hydrogen-bond donors (Lipinski definition) is 1. The van der Waals surface area contributed by atoms with Gasteiger partial charge in [-0.3, -0.25) is 4.79 Å². The van der Waals surface area contributed by atoms with Crippen molar-refractivity contribution in [2.45, 2.75) is 30.4 Å². The van der Waals surface area contributed by atoms with E-state index in [0.717, 1.165) is 0 Å². The predicted octanol–water partition coefficient (Wildman–Crippen LogP) is 0.851. The number of cyclic esters (lactones) is 1. The Hall–Kier alpha value is -0.420. The summed E-state index contributed by atoms with van der Waals surface area (Å²) in [6.07, 6.45) is -0.613. The van der Waals surface area contributed by atoms with Crippen LogP contribution in [-0.4, -0.2) is 23.5 Å². The van der Waals surface area contributed by atoms with Crippen molar-refractivity contribution in [2.24, 2.45) is 5.73 Å². The zero-order valence-electron chi connectivity index (χ0n) is 6.10. The first-order valence-electron chi connectivity index (χ1n) is 3.43. The molecule has 0 aromatic rings. The lowest BCUT2D eigenvalue weighted by atomic mass is 10.1. The summed E-state index contributed by atoms with van der Waals surface area (Å²) in [7, 11) is 0. The molecule has 1 saturated heterocycles. The van der Waals surface area contributed by atoms with Gasteiger partial charge in [0, 0.05) is 6.42 Å². The molecule has 0 spiro atoms. The lowest BCUT2D eigenvalue weighted by molar-refractivity contribution is -0.143. The van der Waals surface area contributed by atoms with E-state index in [9.17, 15) is 13.6 Å². The van der Waals surface area contributed by atoms with Crippen molar-refractivity contribution in [1.29, 1.82) is 0 Å². The summed E-state index contributed by atoms with van der Waals surface area (Å²) in [6.45, 7) is 0. The topological polar surface area (TPSA) is 52.3 Å². The van der Waals surface area contributed by atoms with Crippen LogP contribution in [0.5, 0.6) is 0 Å². The third-order valence-electron chi connectivity index (χ3n) is 1.69. The molecule has 1 fully saturated rings. The van der Waals surface area contributed by atoms with Crippen molar-refractivity contribution < 1.29 is 18.3 Å². The second-order valence-electron chi connectivity index (χ2n) is 2.63. The Kier molecular flexibility index (Phi) is 2.53. The van der Waals surface area contributed by atoms with Gasteiger partial charge >= 0.3 is 11.4 Å². The van der Waals surface area contributed by atoms with Crippen LogP contribution in [-0.2, 0) is 9.53 Å². The molecule has 1 rings (SSSR count). The molecule has 0 aromatic carbocycles. The second kappa shape index (κ2) is 3.14. The quantitative estimate of drug-likeness (QED) is 0.530. The average Bonchev–Trinajstić information content (AvgIpc) is 2.32. The molecule has 6 heteroatoms. The number of ether oxygens (including phenoxy) is 1. The van der Waals surface area contributed by atoms with Gasteiger partial charge in [0.15, 0.2) is 0 Å². The number of halogens is 3. The Morgan fingerprint density at radius 2 is 2.33 bits per heavy atom. The van der Waals surface area contributed by atoms with Crippen LogP contribution in [0.3, 0.4) is 0 Å². The summed E-state index contributed by atoms with van der Waals surface area (Å²) in [5.41, 5.74) is 5.06. The normalized spacial score (nSPS) is 27.0. The van der Waals surface area contributed by atoms with Crippen LogP contribution < -0.4 is 5.73 Å². The molecule has 0 aliphatic carbocycles. The van der Waals surface area contributed by atoms with E-state index in [1.807, 2.05) is 0 Å². The average molecular weight is 200 g/mol. The van der Waals surface area contributed by atoms with Gasteiger partial charge in [-0.1, -0.05) is 0 Å². The first kappa shape index (κ1) is 9.67. The third-order valence-corrected chi connectivity index (χ3v) is 1.95. The molecular formula is C6H8ClF2NO2. The fourth-order valence-corrected chi connectivity index (χ4v) is 1.15. The highest BCUT2D eigenvalue weighted by Crippen LogP contribution is 2.29. The van der Waals surface area contributed by atoms with E-state index < -0.39 is 23.5 Å². The molecule has 0 bridgehead atoms. The maximum absolute atomic E-state index is 12.3. The zero-order valence-corrected chi connectivity index (χ0v) is 6.85. The predicted molar refractivity (Wildman–Crippen MR) is 37.9 cm³/mol. The summed E-state index contributed by atoms with van der Waals surface area (Å²) in [5, 5.41) is -3.52. The van der Waals surface area contributed by atoms with Gasteiger partial charge in [-0.25, -0.2) is 0 Å². The van der Waals surface area contributed by atoms with Crippen LogP contribution in [0.4, 0.5) is 8.78 Å². The molecule has 2 atom stereocenters. The van der Waals surface area contributed by atoms with Crippen LogP contribution in [0.15, 0.2) is 0 Å². The lowest BCUT2D eigenvalue weighted by Crippen LogP contribution is -2.46. The number of nitrogens with two attached hydrogens (primary N) is 1.